The molecule has 8 aromatic carbocycles. The van der Waals surface area contributed by atoms with E-state index < -0.39 is 5.41 Å². The minimum atomic E-state index is -0.401. The average Bonchev–Trinajstić information content (AvgIpc) is 3.87. The van der Waals surface area contributed by atoms with Crippen LogP contribution >= 0.6 is 0 Å². The molecule has 2 aliphatic rings. The van der Waals surface area contributed by atoms with E-state index in [9.17, 15) is 0 Å². The van der Waals surface area contributed by atoms with Crippen LogP contribution in [0.15, 0.2) is 174 Å². The average molecular weight is 664 g/mol. The highest BCUT2D eigenvalue weighted by Gasteiger charge is 2.51. The molecule has 0 bridgehead atoms. The molecule has 0 amide bonds. The zero-order valence-electron chi connectivity index (χ0n) is 28.7. The Kier molecular flexibility index (Phi) is 6.18. The summed E-state index contributed by atoms with van der Waals surface area (Å²) in [6.07, 6.45) is 0.735. The Morgan fingerprint density at radius 3 is 1.69 bits per heavy atom. The van der Waals surface area contributed by atoms with Crippen molar-refractivity contribution in [3.05, 3.63) is 198 Å². The molecular formula is C50H33NO. The first kappa shape index (κ1) is 29.2. The third-order valence-electron chi connectivity index (χ3n) is 11.5. The largest absolute Gasteiger partial charge is 0.441 e. The Labute approximate surface area is 302 Å². The first-order chi connectivity index (χ1) is 25.7. The fraction of sp³-hybridized carbons (Fsp3) is 0.0600. The van der Waals surface area contributed by atoms with Crippen molar-refractivity contribution in [1.29, 1.82) is 0 Å². The van der Waals surface area contributed by atoms with Crippen molar-refractivity contribution in [1.82, 2.24) is 4.98 Å². The molecule has 1 spiro atoms. The maximum Gasteiger partial charge on any atom is 0.195 e. The van der Waals surface area contributed by atoms with Gasteiger partial charge in [0.05, 0.1) is 5.41 Å². The molecule has 0 saturated carbocycles. The Morgan fingerprint density at radius 2 is 1.00 bits per heavy atom. The third kappa shape index (κ3) is 3.98. The van der Waals surface area contributed by atoms with Gasteiger partial charge in [0.25, 0.3) is 0 Å². The molecule has 52 heavy (non-hydrogen) atoms. The van der Waals surface area contributed by atoms with Gasteiger partial charge in [-0.1, -0.05) is 159 Å². The van der Waals surface area contributed by atoms with Gasteiger partial charge in [0.2, 0.25) is 0 Å². The van der Waals surface area contributed by atoms with Crippen LogP contribution in [0.1, 0.15) is 35.1 Å². The number of aryl methyl sites for hydroxylation is 1. The number of hydrogen-bond donors (Lipinski definition) is 0. The summed E-state index contributed by atoms with van der Waals surface area (Å²) in [5.41, 5.74) is 18.8. The van der Waals surface area contributed by atoms with Crippen molar-refractivity contribution >= 4 is 21.9 Å². The molecule has 0 aliphatic heterocycles. The maximum absolute atomic E-state index is 6.40. The summed E-state index contributed by atoms with van der Waals surface area (Å²) in [7, 11) is 0. The number of hydrogen-bond acceptors (Lipinski definition) is 2. The Balaban J connectivity index is 1.11. The van der Waals surface area contributed by atoms with Crippen LogP contribution in [0.4, 0.5) is 0 Å². The minimum Gasteiger partial charge on any atom is -0.441 e. The molecule has 1 heterocycles. The molecule has 0 N–H and O–H groups in total. The first-order valence-electron chi connectivity index (χ1n) is 18.2. The van der Waals surface area contributed by atoms with Crippen LogP contribution in [0.25, 0.3) is 77.5 Å². The topological polar surface area (TPSA) is 26.0 Å². The highest BCUT2D eigenvalue weighted by atomic mass is 16.3. The number of nitrogens with zero attached hydrogens (tertiary/aromatic N) is 1. The van der Waals surface area contributed by atoms with Gasteiger partial charge in [0.15, 0.2) is 11.5 Å². The summed E-state index contributed by atoms with van der Waals surface area (Å²) in [5.74, 6) is 0.753. The van der Waals surface area contributed by atoms with E-state index >= 15 is 0 Å². The number of aromatic nitrogens is 1. The lowest BCUT2D eigenvalue weighted by Gasteiger charge is -2.30. The normalized spacial score (nSPS) is 13.3. The molecule has 1 aromatic heterocycles. The molecule has 0 fully saturated rings. The van der Waals surface area contributed by atoms with Crippen LogP contribution in [0.3, 0.4) is 0 Å². The molecule has 2 heteroatoms. The summed E-state index contributed by atoms with van der Waals surface area (Å²) >= 11 is 0. The van der Waals surface area contributed by atoms with Gasteiger partial charge >= 0.3 is 0 Å². The molecule has 0 unspecified atom stereocenters. The molecule has 9 aromatic rings. The lowest BCUT2D eigenvalue weighted by molar-refractivity contribution is 0.538. The molecular weight excluding hydrogens is 631 g/mol. The third-order valence-corrected chi connectivity index (χ3v) is 11.5. The number of fused-ring (bicyclic) bond motifs is 12. The first-order valence-corrected chi connectivity index (χ1v) is 18.2. The minimum absolute atomic E-state index is 0.401. The van der Waals surface area contributed by atoms with Crippen LogP contribution < -0.4 is 0 Å². The van der Waals surface area contributed by atoms with Crippen LogP contribution in [0.2, 0.25) is 0 Å². The standard InChI is InChI=1S/C50H33NO/c1-2-48-51-49-42(28-35(30-47(49)52-48)31-22-24-33(25-23-31)37-18-11-13-32-12-3-4-14-36(32)37)34-26-27-41-40-17-7-10-21-45(40)50(46(41)29-34)43-19-8-5-15-38(43)39-16-6-9-20-44(39)50/h3-30H,2H2,1H3. The van der Waals surface area contributed by atoms with Gasteiger partial charge in [0, 0.05) is 12.0 Å². The predicted octanol–water partition coefficient (Wildman–Crippen LogP) is 12.9. The Hall–Kier alpha value is -6.51. The molecule has 11 rings (SSSR count). The molecule has 0 saturated heterocycles. The summed E-state index contributed by atoms with van der Waals surface area (Å²) < 4.78 is 6.40. The van der Waals surface area contributed by atoms with Crippen molar-refractivity contribution in [2.75, 3.05) is 0 Å². The van der Waals surface area contributed by atoms with E-state index in [0.29, 0.717) is 0 Å². The lowest BCUT2D eigenvalue weighted by atomic mass is 9.70. The number of oxazole rings is 1. The molecule has 0 radical (unpaired) electrons. The van der Waals surface area contributed by atoms with Crippen molar-refractivity contribution in [2.45, 2.75) is 18.8 Å². The van der Waals surface area contributed by atoms with E-state index in [2.05, 4.69) is 177 Å². The van der Waals surface area contributed by atoms with E-state index in [1.165, 1.54) is 66.4 Å². The highest BCUT2D eigenvalue weighted by molar-refractivity contribution is 6.00. The van der Waals surface area contributed by atoms with Crippen LogP contribution in [0.5, 0.6) is 0 Å². The second-order valence-corrected chi connectivity index (χ2v) is 14.1. The van der Waals surface area contributed by atoms with E-state index in [1.807, 2.05) is 0 Å². The van der Waals surface area contributed by atoms with Gasteiger partial charge in [-0.3, -0.25) is 0 Å². The van der Waals surface area contributed by atoms with Gasteiger partial charge in [-0.2, -0.15) is 0 Å². The van der Waals surface area contributed by atoms with Gasteiger partial charge in [-0.25, -0.2) is 4.98 Å². The van der Waals surface area contributed by atoms with E-state index in [0.717, 1.165) is 45.7 Å². The Morgan fingerprint density at radius 1 is 0.442 bits per heavy atom. The van der Waals surface area contributed by atoms with Crippen LogP contribution in [-0.2, 0) is 11.8 Å². The van der Waals surface area contributed by atoms with Gasteiger partial charge in [0.1, 0.15) is 5.52 Å². The summed E-state index contributed by atoms with van der Waals surface area (Å²) in [6, 6.07) is 62.5. The monoisotopic (exact) mass is 663 g/mol. The second-order valence-electron chi connectivity index (χ2n) is 14.1. The molecule has 244 valence electrons. The lowest BCUT2D eigenvalue weighted by Crippen LogP contribution is -2.25. The van der Waals surface area contributed by atoms with E-state index in [4.69, 9.17) is 9.40 Å². The zero-order valence-corrected chi connectivity index (χ0v) is 28.7. The summed E-state index contributed by atoms with van der Waals surface area (Å²) in [6.45, 7) is 2.10. The molecule has 0 atom stereocenters. The van der Waals surface area contributed by atoms with E-state index in [-0.39, 0.29) is 0 Å². The predicted molar refractivity (Wildman–Crippen MR) is 213 cm³/mol. The van der Waals surface area contributed by atoms with Crippen molar-refractivity contribution in [3.8, 4) is 55.6 Å². The SMILES string of the molecule is CCc1nc2c(-c3ccc4c(c3)C3(c5ccccc5-c5ccccc53)c3ccccc3-4)cc(-c3ccc(-c4cccc5ccccc45)cc3)cc2o1. The smallest absolute Gasteiger partial charge is 0.195 e. The Bertz CT molecular complexity index is 2820. The van der Waals surface area contributed by atoms with Crippen LogP contribution in [0, 0.1) is 0 Å². The summed E-state index contributed by atoms with van der Waals surface area (Å²) in [5, 5.41) is 2.51. The zero-order chi connectivity index (χ0) is 34.4. The fourth-order valence-corrected chi connectivity index (χ4v) is 9.20. The van der Waals surface area contributed by atoms with Crippen molar-refractivity contribution < 1.29 is 4.42 Å². The molecule has 2 aliphatic carbocycles. The molecule has 2 nitrogen and oxygen atoms in total. The van der Waals surface area contributed by atoms with Gasteiger partial charge in [-0.05, 0) is 101 Å². The fourth-order valence-electron chi connectivity index (χ4n) is 9.20. The van der Waals surface area contributed by atoms with Gasteiger partial charge < -0.3 is 4.42 Å². The number of rotatable bonds is 4. The van der Waals surface area contributed by atoms with Crippen molar-refractivity contribution in [3.63, 3.8) is 0 Å². The van der Waals surface area contributed by atoms with Crippen molar-refractivity contribution in [2.24, 2.45) is 0 Å². The quantitative estimate of drug-likeness (QED) is 0.187. The second kappa shape index (κ2) is 11.0. The highest BCUT2D eigenvalue weighted by Crippen LogP contribution is 2.63. The number of benzene rings is 8. The van der Waals surface area contributed by atoms with E-state index in [1.54, 1.807) is 0 Å². The van der Waals surface area contributed by atoms with Crippen LogP contribution in [-0.4, -0.2) is 4.98 Å². The summed E-state index contributed by atoms with van der Waals surface area (Å²) in [4.78, 5) is 5.05. The maximum atomic E-state index is 6.40. The van der Waals surface area contributed by atoms with Gasteiger partial charge in [-0.15, -0.1) is 0 Å².